The van der Waals surface area contributed by atoms with Gasteiger partial charge in [0.15, 0.2) is 0 Å². The minimum Gasteiger partial charge on any atom is -0.330 e. The molecule has 2 rings (SSSR count). The molecular weight excluding hydrogens is 282 g/mol. The molecule has 4 heteroatoms. The number of hydrogen-bond acceptors (Lipinski definition) is 3. The van der Waals surface area contributed by atoms with E-state index in [9.17, 15) is 0 Å². The van der Waals surface area contributed by atoms with E-state index in [0.717, 1.165) is 31.0 Å². The molecule has 21 heavy (non-hydrogen) atoms. The molecule has 1 aliphatic carbocycles. The zero-order chi connectivity index (χ0) is 15.1. The van der Waals surface area contributed by atoms with Gasteiger partial charge in [0, 0.05) is 29.9 Å². The van der Waals surface area contributed by atoms with Gasteiger partial charge in [-0.25, -0.2) is 0 Å². The van der Waals surface area contributed by atoms with E-state index in [-0.39, 0.29) is 5.41 Å². The molecule has 1 aromatic carbocycles. The average Bonchev–Trinajstić information content (AvgIpc) is 2.52. The van der Waals surface area contributed by atoms with Crippen molar-refractivity contribution in [1.82, 2.24) is 5.32 Å². The Balaban J connectivity index is 1.92. The summed E-state index contributed by atoms with van der Waals surface area (Å²) in [5.74, 6) is 0.697. The molecule has 1 saturated carbocycles. The Kier molecular flexibility index (Phi) is 6.05. The summed E-state index contributed by atoms with van der Waals surface area (Å²) < 4.78 is 0. The third kappa shape index (κ3) is 4.20. The van der Waals surface area contributed by atoms with E-state index in [4.69, 9.17) is 22.6 Å². The SMILES string of the molecule is N#CCCNCC1CCC(CN)(c2cccc(Cl)c2)CC1. The third-order valence-corrected chi connectivity index (χ3v) is 4.97. The molecule has 1 aliphatic rings. The maximum Gasteiger partial charge on any atom is 0.0635 e. The van der Waals surface area contributed by atoms with Gasteiger partial charge in [-0.3, -0.25) is 0 Å². The number of benzene rings is 1. The lowest BCUT2D eigenvalue weighted by atomic mass is 9.66. The highest BCUT2D eigenvalue weighted by molar-refractivity contribution is 6.30. The number of hydrogen-bond donors (Lipinski definition) is 2. The molecule has 0 heterocycles. The predicted molar refractivity (Wildman–Crippen MR) is 87.2 cm³/mol. The van der Waals surface area contributed by atoms with E-state index in [1.807, 2.05) is 12.1 Å². The number of nitrogens with zero attached hydrogens (tertiary/aromatic N) is 1. The molecule has 0 amide bonds. The first-order valence-corrected chi connectivity index (χ1v) is 8.12. The van der Waals surface area contributed by atoms with Gasteiger partial charge in [-0.15, -0.1) is 0 Å². The fraction of sp³-hybridized carbons (Fsp3) is 0.588. The molecular formula is C17H24ClN3. The number of nitrogens with one attached hydrogen (secondary N) is 1. The average molecular weight is 306 g/mol. The fourth-order valence-corrected chi connectivity index (χ4v) is 3.50. The Morgan fingerprint density at radius 2 is 2.14 bits per heavy atom. The molecule has 0 spiro atoms. The highest BCUT2D eigenvalue weighted by Crippen LogP contribution is 2.41. The number of rotatable bonds is 6. The van der Waals surface area contributed by atoms with Crippen LogP contribution in [-0.2, 0) is 5.41 Å². The van der Waals surface area contributed by atoms with Gasteiger partial charge in [0.1, 0.15) is 0 Å². The van der Waals surface area contributed by atoms with E-state index in [1.165, 1.54) is 18.4 Å². The van der Waals surface area contributed by atoms with Crippen LogP contribution in [0, 0.1) is 17.2 Å². The molecule has 0 unspecified atom stereocenters. The zero-order valence-electron chi connectivity index (χ0n) is 12.4. The summed E-state index contributed by atoms with van der Waals surface area (Å²) in [6.07, 6.45) is 5.19. The number of nitriles is 1. The van der Waals surface area contributed by atoms with E-state index in [2.05, 4.69) is 23.5 Å². The van der Waals surface area contributed by atoms with E-state index >= 15 is 0 Å². The minimum atomic E-state index is 0.0913. The van der Waals surface area contributed by atoms with Crippen LogP contribution in [0.1, 0.15) is 37.7 Å². The highest BCUT2D eigenvalue weighted by Gasteiger charge is 2.35. The topological polar surface area (TPSA) is 61.8 Å². The van der Waals surface area contributed by atoms with Crippen molar-refractivity contribution in [3.8, 4) is 6.07 Å². The summed E-state index contributed by atoms with van der Waals surface area (Å²) >= 11 is 6.13. The van der Waals surface area contributed by atoms with Crippen molar-refractivity contribution in [2.45, 2.75) is 37.5 Å². The highest BCUT2D eigenvalue weighted by atomic mass is 35.5. The molecule has 0 aromatic heterocycles. The summed E-state index contributed by atoms with van der Waals surface area (Å²) in [6.45, 7) is 2.49. The quantitative estimate of drug-likeness (QED) is 0.793. The molecule has 0 atom stereocenters. The normalized spacial score (nSPS) is 25.5. The lowest BCUT2D eigenvalue weighted by Crippen LogP contribution is -2.40. The lowest BCUT2D eigenvalue weighted by molar-refractivity contribution is 0.231. The summed E-state index contributed by atoms with van der Waals surface area (Å²) in [5.41, 5.74) is 7.49. The van der Waals surface area contributed by atoms with Crippen molar-refractivity contribution in [3.05, 3.63) is 34.9 Å². The maximum absolute atomic E-state index is 8.54. The van der Waals surface area contributed by atoms with E-state index < -0.39 is 0 Å². The van der Waals surface area contributed by atoms with Crippen LogP contribution in [0.2, 0.25) is 5.02 Å². The molecule has 3 N–H and O–H groups in total. The van der Waals surface area contributed by atoms with Gasteiger partial charge in [0.05, 0.1) is 6.07 Å². The Hall–Kier alpha value is -1.08. The Morgan fingerprint density at radius 3 is 2.76 bits per heavy atom. The van der Waals surface area contributed by atoms with Crippen molar-refractivity contribution in [2.24, 2.45) is 11.7 Å². The van der Waals surface area contributed by atoms with Gasteiger partial charge < -0.3 is 11.1 Å². The molecule has 1 fully saturated rings. The van der Waals surface area contributed by atoms with Crippen LogP contribution in [0.4, 0.5) is 0 Å². The largest absolute Gasteiger partial charge is 0.330 e. The molecule has 0 bridgehead atoms. The molecule has 114 valence electrons. The number of halogens is 1. The van der Waals surface area contributed by atoms with E-state index in [1.54, 1.807) is 0 Å². The first-order chi connectivity index (χ1) is 10.2. The van der Waals surface area contributed by atoms with Gasteiger partial charge in [-0.2, -0.15) is 5.26 Å². The van der Waals surface area contributed by atoms with Gasteiger partial charge >= 0.3 is 0 Å². The van der Waals surface area contributed by atoms with Crippen LogP contribution in [0.15, 0.2) is 24.3 Å². The fourth-order valence-electron chi connectivity index (χ4n) is 3.31. The Labute approximate surface area is 132 Å². The summed E-state index contributed by atoms with van der Waals surface area (Å²) in [7, 11) is 0. The van der Waals surface area contributed by atoms with Crippen LogP contribution in [-0.4, -0.2) is 19.6 Å². The second-order valence-corrected chi connectivity index (χ2v) is 6.49. The standard InChI is InChI=1S/C17H24ClN3/c18-16-4-1-3-15(11-16)17(13-20)7-5-14(6-8-17)12-21-10-2-9-19/h1,3-4,11,14,21H,2,5-8,10,12-13,20H2. The summed E-state index contributed by atoms with van der Waals surface area (Å²) in [5, 5.41) is 12.7. The summed E-state index contributed by atoms with van der Waals surface area (Å²) in [4.78, 5) is 0. The van der Waals surface area contributed by atoms with Crippen molar-refractivity contribution < 1.29 is 0 Å². The number of nitrogens with two attached hydrogens (primary N) is 1. The molecule has 0 radical (unpaired) electrons. The maximum atomic E-state index is 8.54. The second-order valence-electron chi connectivity index (χ2n) is 6.05. The van der Waals surface area contributed by atoms with Crippen LogP contribution >= 0.6 is 11.6 Å². The Morgan fingerprint density at radius 1 is 1.38 bits per heavy atom. The molecule has 0 saturated heterocycles. The van der Waals surface area contributed by atoms with Gasteiger partial charge in [0.2, 0.25) is 0 Å². The first kappa shape index (κ1) is 16.3. The van der Waals surface area contributed by atoms with Crippen LogP contribution in [0.25, 0.3) is 0 Å². The third-order valence-electron chi connectivity index (χ3n) is 4.74. The monoisotopic (exact) mass is 305 g/mol. The Bertz CT molecular complexity index is 487. The smallest absolute Gasteiger partial charge is 0.0635 e. The predicted octanol–water partition coefficient (Wildman–Crippen LogP) is 3.23. The van der Waals surface area contributed by atoms with Gasteiger partial charge in [0.25, 0.3) is 0 Å². The lowest BCUT2D eigenvalue weighted by Gasteiger charge is -2.40. The minimum absolute atomic E-state index is 0.0913. The van der Waals surface area contributed by atoms with Crippen molar-refractivity contribution in [2.75, 3.05) is 19.6 Å². The zero-order valence-corrected chi connectivity index (χ0v) is 13.2. The van der Waals surface area contributed by atoms with Crippen LogP contribution in [0.3, 0.4) is 0 Å². The second kappa shape index (κ2) is 7.79. The summed E-state index contributed by atoms with van der Waals surface area (Å²) in [6, 6.07) is 10.3. The van der Waals surface area contributed by atoms with Crippen molar-refractivity contribution >= 4 is 11.6 Å². The van der Waals surface area contributed by atoms with E-state index in [0.29, 0.717) is 18.9 Å². The molecule has 1 aromatic rings. The van der Waals surface area contributed by atoms with Gasteiger partial charge in [-0.05, 0) is 55.8 Å². The van der Waals surface area contributed by atoms with Crippen LogP contribution < -0.4 is 11.1 Å². The van der Waals surface area contributed by atoms with Crippen LogP contribution in [0.5, 0.6) is 0 Å². The first-order valence-electron chi connectivity index (χ1n) is 7.74. The molecule has 0 aliphatic heterocycles. The van der Waals surface area contributed by atoms with Crippen molar-refractivity contribution in [1.29, 1.82) is 5.26 Å². The van der Waals surface area contributed by atoms with Gasteiger partial charge in [-0.1, -0.05) is 23.7 Å². The molecule has 3 nitrogen and oxygen atoms in total. The van der Waals surface area contributed by atoms with Crippen molar-refractivity contribution in [3.63, 3.8) is 0 Å².